The minimum atomic E-state index is -4.63. The summed E-state index contributed by atoms with van der Waals surface area (Å²) in [6.07, 6.45) is 0.0443. The van der Waals surface area contributed by atoms with Crippen LogP contribution in [0.15, 0.2) is 47.9 Å². The number of imidazole rings is 1. The molecule has 24 heavy (non-hydrogen) atoms. The molecule has 4 nitrogen and oxygen atoms in total. The van der Waals surface area contributed by atoms with E-state index >= 15 is 0 Å². The van der Waals surface area contributed by atoms with Crippen molar-refractivity contribution in [2.45, 2.75) is 11.3 Å². The van der Waals surface area contributed by atoms with Crippen molar-refractivity contribution in [2.24, 2.45) is 0 Å². The van der Waals surface area contributed by atoms with Crippen LogP contribution in [-0.4, -0.2) is 25.8 Å². The number of aromatic nitrogens is 4. The molecule has 0 aliphatic carbocycles. The van der Waals surface area contributed by atoms with Crippen LogP contribution < -0.4 is 0 Å². The Hall–Kier alpha value is -2.42. The first-order valence-corrected chi connectivity index (χ1v) is 7.91. The molecule has 9 heteroatoms. The Morgan fingerprint density at radius 3 is 2.42 bits per heavy atom. The molecule has 0 unspecified atom stereocenters. The minimum absolute atomic E-state index is 0.0491. The SMILES string of the molecule is CSc1nccn1-c1nc(-c2ccc(F)cc2)cc(C(F)(F)F)n1. The standard InChI is InChI=1S/C15H10F4N4S/c1-24-14-20-6-7-23(14)13-21-11(8-12(22-13)15(17,18)19)9-2-4-10(16)5-3-9/h2-8H,1H3. The molecule has 0 saturated heterocycles. The molecule has 0 N–H and O–H groups in total. The number of hydrogen-bond acceptors (Lipinski definition) is 4. The molecular weight excluding hydrogens is 344 g/mol. The second-order valence-corrected chi connectivity index (χ2v) is 5.50. The van der Waals surface area contributed by atoms with E-state index in [2.05, 4.69) is 15.0 Å². The molecule has 2 heterocycles. The third-order valence-electron chi connectivity index (χ3n) is 3.15. The zero-order valence-electron chi connectivity index (χ0n) is 12.3. The van der Waals surface area contributed by atoms with Gasteiger partial charge in [0.15, 0.2) is 10.9 Å². The first-order valence-electron chi connectivity index (χ1n) is 6.68. The lowest BCUT2D eigenvalue weighted by Crippen LogP contribution is -2.13. The van der Waals surface area contributed by atoms with Gasteiger partial charge in [-0.05, 0) is 36.6 Å². The number of benzene rings is 1. The molecule has 2 aromatic heterocycles. The van der Waals surface area contributed by atoms with Gasteiger partial charge in [0.05, 0.1) is 5.69 Å². The van der Waals surface area contributed by atoms with Gasteiger partial charge in [-0.25, -0.2) is 19.3 Å². The summed E-state index contributed by atoms with van der Waals surface area (Å²) in [6.45, 7) is 0. The lowest BCUT2D eigenvalue weighted by atomic mass is 10.1. The summed E-state index contributed by atoms with van der Waals surface area (Å²) >= 11 is 1.25. The topological polar surface area (TPSA) is 43.6 Å². The van der Waals surface area contributed by atoms with E-state index in [0.717, 1.165) is 18.2 Å². The fourth-order valence-electron chi connectivity index (χ4n) is 2.05. The first kappa shape index (κ1) is 16.4. The Morgan fingerprint density at radius 1 is 1.08 bits per heavy atom. The van der Waals surface area contributed by atoms with Gasteiger partial charge in [-0.1, -0.05) is 11.8 Å². The van der Waals surface area contributed by atoms with E-state index in [9.17, 15) is 17.6 Å². The lowest BCUT2D eigenvalue weighted by Gasteiger charge is -2.12. The van der Waals surface area contributed by atoms with Crippen molar-refractivity contribution in [2.75, 3.05) is 6.26 Å². The summed E-state index contributed by atoms with van der Waals surface area (Å²) in [4.78, 5) is 11.8. The van der Waals surface area contributed by atoms with Gasteiger partial charge < -0.3 is 0 Å². The van der Waals surface area contributed by atoms with Crippen LogP contribution in [0.5, 0.6) is 0 Å². The fourth-order valence-corrected chi connectivity index (χ4v) is 2.55. The Labute approximate surface area is 138 Å². The zero-order chi connectivity index (χ0) is 17.3. The average Bonchev–Trinajstić information content (AvgIpc) is 3.03. The highest BCUT2D eigenvalue weighted by atomic mass is 32.2. The molecule has 0 saturated carbocycles. The second-order valence-electron chi connectivity index (χ2n) is 4.73. The summed E-state index contributed by atoms with van der Waals surface area (Å²) in [5.74, 6) is -0.630. The first-order chi connectivity index (χ1) is 11.4. The fraction of sp³-hybridized carbons (Fsp3) is 0.133. The predicted octanol–water partition coefficient (Wildman–Crippen LogP) is 4.21. The molecule has 0 aliphatic rings. The second kappa shape index (κ2) is 6.23. The van der Waals surface area contributed by atoms with Crippen LogP contribution in [-0.2, 0) is 6.18 Å². The quantitative estimate of drug-likeness (QED) is 0.522. The highest BCUT2D eigenvalue weighted by Gasteiger charge is 2.34. The Kier molecular flexibility index (Phi) is 4.27. The van der Waals surface area contributed by atoms with Crippen molar-refractivity contribution in [3.63, 3.8) is 0 Å². The van der Waals surface area contributed by atoms with Crippen LogP contribution in [0.2, 0.25) is 0 Å². The van der Waals surface area contributed by atoms with E-state index in [1.165, 1.54) is 40.9 Å². The molecule has 0 aliphatic heterocycles. The Bertz CT molecular complexity index is 859. The summed E-state index contributed by atoms with van der Waals surface area (Å²) in [5, 5.41) is 0.458. The third-order valence-corrected chi connectivity index (χ3v) is 3.82. The number of nitrogens with zero attached hydrogens (tertiary/aromatic N) is 4. The molecule has 1 aromatic carbocycles. The minimum Gasteiger partial charge on any atom is -0.263 e. The van der Waals surface area contributed by atoms with Crippen molar-refractivity contribution in [1.82, 2.24) is 19.5 Å². The van der Waals surface area contributed by atoms with Crippen molar-refractivity contribution < 1.29 is 17.6 Å². The Morgan fingerprint density at radius 2 is 1.79 bits per heavy atom. The van der Waals surface area contributed by atoms with Gasteiger partial charge in [0.1, 0.15) is 5.82 Å². The highest BCUT2D eigenvalue weighted by Crippen LogP contribution is 2.31. The van der Waals surface area contributed by atoms with Gasteiger partial charge in [-0.2, -0.15) is 13.2 Å². The molecule has 3 aromatic rings. The van der Waals surface area contributed by atoms with E-state index in [1.807, 2.05) is 0 Å². The average molecular weight is 354 g/mol. The van der Waals surface area contributed by atoms with Crippen LogP contribution in [0.3, 0.4) is 0 Å². The van der Waals surface area contributed by atoms with Crippen molar-refractivity contribution in [1.29, 1.82) is 0 Å². The normalized spacial score (nSPS) is 11.7. The molecule has 0 bridgehead atoms. The summed E-state index contributed by atoms with van der Waals surface area (Å²) in [5.41, 5.74) is -0.669. The van der Waals surface area contributed by atoms with Gasteiger partial charge in [-0.15, -0.1) is 0 Å². The van der Waals surface area contributed by atoms with Crippen LogP contribution in [0.25, 0.3) is 17.2 Å². The molecular formula is C15H10F4N4S. The number of halogens is 4. The van der Waals surface area contributed by atoms with Crippen molar-refractivity contribution in [3.05, 3.63) is 54.2 Å². The summed E-state index contributed by atoms with van der Waals surface area (Å²) < 4.78 is 53.9. The van der Waals surface area contributed by atoms with Crippen LogP contribution >= 0.6 is 11.8 Å². The smallest absolute Gasteiger partial charge is 0.263 e. The molecule has 3 rings (SSSR count). The van der Waals surface area contributed by atoms with Crippen LogP contribution in [0, 0.1) is 5.82 Å². The highest BCUT2D eigenvalue weighted by molar-refractivity contribution is 7.98. The van der Waals surface area contributed by atoms with Gasteiger partial charge in [0, 0.05) is 18.0 Å². The number of hydrogen-bond donors (Lipinski definition) is 0. The molecule has 0 radical (unpaired) electrons. The van der Waals surface area contributed by atoms with E-state index in [1.54, 1.807) is 6.26 Å². The molecule has 0 atom stereocenters. The number of thioether (sulfide) groups is 1. The number of alkyl halides is 3. The van der Waals surface area contributed by atoms with E-state index in [4.69, 9.17) is 0 Å². The number of rotatable bonds is 3. The maximum Gasteiger partial charge on any atom is 0.433 e. The van der Waals surface area contributed by atoms with E-state index in [0.29, 0.717) is 10.7 Å². The molecule has 0 amide bonds. The summed E-state index contributed by atoms with van der Waals surface area (Å²) in [7, 11) is 0. The monoisotopic (exact) mass is 354 g/mol. The van der Waals surface area contributed by atoms with Gasteiger partial charge in [0.2, 0.25) is 5.95 Å². The van der Waals surface area contributed by atoms with Crippen molar-refractivity contribution >= 4 is 11.8 Å². The van der Waals surface area contributed by atoms with E-state index in [-0.39, 0.29) is 11.6 Å². The molecule has 0 spiro atoms. The molecule has 0 fully saturated rings. The largest absolute Gasteiger partial charge is 0.433 e. The zero-order valence-corrected chi connectivity index (χ0v) is 13.1. The van der Waals surface area contributed by atoms with E-state index < -0.39 is 17.7 Å². The maximum absolute atomic E-state index is 13.2. The maximum atomic E-state index is 13.2. The van der Waals surface area contributed by atoms with Gasteiger partial charge in [0.25, 0.3) is 0 Å². The van der Waals surface area contributed by atoms with Crippen LogP contribution in [0.1, 0.15) is 5.69 Å². The predicted molar refractivity (Wildman–Crippen MR) is 81.3 cm³/mol. The molecule has 124 valence electrons. The van der Waals surface area contributed by atoms with Crippen molar-refractivity contribution in [3.8, 4) is 17.2 Å². The summed E-state index contributed by atoms with van der Waals surface area (Å²) in [6, 6.07) is 5.90. The van der Waals surface area contributed by atoms with Crippen LogP contribution in [0.4, 0.5) is 17.6 Å². The lowest BCUT2D eigenvalue weighted by molar-refractivity contribution is -0.141. The Balaban J connectivity index is 2.19. The van der Waals surface area contributed by atoms with Gasteiger partial charge >= 0.3 is 6.18 Å². The third kappa shape index (κ3) is 3.25. The van der Waals surface area contributed by atoms with Gasteiger partial charge in [-0.3, -0.25) is 4.57 Å².